The van der Waals surface area contributed by atoms with E-state index in [-0.39, 0.29) is 17.3 Å². The highest BCUT2D eigenvalue weighted by Gasteiger charge is 2.25. The number of rotatable bonds is 6. The zero-order valence-corrected chi connectivity index (χ0v) is 14.7. The number of nitro benzene ring substituents is 1. The van der Waals surface area contributed by atoms with Crippen LogP contribution in [0.25, 0.3) is 6.08 Å². The number of carbonyl (C=O) groups is 1. The van der Waals surface area contributed by atoms with Gasteiger partial charge in [-0.15, -0.1) is 0 Å². The molecule has 0 fully saturated rings. The van der Waals surface area contributed by atoms with Crippen molar-refractivity contribution in [3.63, 3.8) is 0 Å². The maximum atomic E-state index is 12.2. The van der Waals surface area contributed by atoms with Gasteiger partial charge in [0.2, 0.25) is 5.90 Å². The van der Waals surface area contributed by atoms with Gasteiger partial charge in [-0.2, -0.15) is 0 Å². The number of nitro groups is 1. The summed E-state index contributed by atoms with van der Waals surface area (Å²) in [6.45, 7) is 2.27. The first-order valence-corrected chi connectivity index (χ1v) is 8.10. The third-order valence-electron chi connectivity index (χ3n) is 3.76. The third kappa shape index (κ3) is 3.79. The molecule has 1 aliphatic heterocycles. The van der Waals surface area contributed by atoms with Crippen LogP contribution in [0.15, 0.2) is 53.2 Å². The standard InChI is InChI=1S/C19H16N2O6/c1-3-26-17-13(5-4-6-16(17)25-2)11-15-19(22)27-18(20-15)12-7-9-14(10-8-12)21(23)24/h4-11H,3H2,1-2H3/b15-11-. The molecule has 0 aliphatic carbocycles. The Morgan fingerprint density at radius 2 is 1.96 bits per heavy atom. The third-order valence-corrected chi connectivity index (χ3v) is 3.76. The summed E-state index contributed by atoms with van der Waals surface area (Å²) < 4.78 is 16.1. The lowest BCUT2D eigenvalue weighted by molar-refractivity contribution is -0.384. The number of ether oxygens (including phenoxy) is 3. The summed E-state index contributed by atoms with van der Waals surface area (Å²) in [6, 6.07) is 10.9. The SMILES string of the molecule is CCOc1c(/C=C2\N=C(c3ccc([N+](=O)[O-])cc3)OC2=O)cccc1OC. The van der Waals surface area contributed by atoms with Crippen LogP contribution in [0.4, 0.5) is 5.69 Å². The molecule has 8 heteroatoms. The number of nitrogens with zero attached hydrogens (tertiary/aromatic N) is 2. The second kappa shape index (κ2) is 7.69. The number of hydrogen-bond donors (Lipinski definition) is 0. The number of carbonyl (C=O) groups excluding carboxylic acids is 1. The summed E-state index contributed by atoms with van der Waals surface area (Å²) in [7, 11) is 1.53. The minimum atomic E-state index is -0.617. The molecule has 0 aromatic heterocycles. The number of benzene rings is 2. The predicted molar refractivity (Wildman–Crippen MR) is 97.9 cm³/mol. The van der Waals surface area contributed by atoms with E-state index in [1.54, 1.807) is 24.3 Å². The van der Waals surface area contributed by atoms with Gasteiger partial charge >= 0.3 is 5.97 Å². The number of esters is 1. The van der Waals surface area contributed by atoms with Gasteiger partial charge in [0.25, 0.3) is 5.69 Å². The summed E-state index contributed by atoms with van der Waals surface area (Å²) in [4.78, 5) is 26.6. The van der Waals surface area contributed by atoms with Gasteiger partial charge in [-0.1, -0.05) is 12.1 Å². The molecular weight excluding hydrogens is 352 g/mol. The van der Waals surface area contributed by atoms with Crippen molar-refractivity contribution < 1.29 is 23.9 Å². The lowest BCUT2D eigenvalue weighted by Gasteiger charge is -2.11. The number of hydrogen-bond acceptors (Lipinski definition) is 7. The summed E-state index contributed by atoms with van der Waals surface area (Å²) in [5, 5.41) is 10.7. The van der Waals surface area contributed by atoms with E-state index < -0.39 is 10.9 Å². The second-order valence-corrected chi connectivity index (χ2v) is 5.45. The van der Waals surface area contributed by atoms with Crippen LogP contribution in [0.3, 0.4) is 0 Å². The highest BCUT2D eigenvalue weighted by molar-refractivity contribution is 6.13. The monoisotopic (exact) mass is 368 g/mol. The van der Waals surface area contributed by atoms with E-state index in [4.69, 9.17) is 14.2 Å². The van der Waals surface area contributed by atoms with Crippen molar-refractivity contribution in [1.29, 1.82) is 0 Å². The maximum absolute atomic E-state index is 12.2. The summed E-state index contributed by atoms with van der Waals surface area (Å²) >= 11 is 0. The highest BCUT2D eigenvalue weighted by Crippen LogP contribution is 2.33. The van der Waals surface area contributed by atoms with Crippen LogP contribution in [-0.2, 0) is 9.53 Å². The molecule has 0 spiro atoms. The van der Waals surface area contributed by atoms with Crippen LogP contribution in [0, 0.1) is 10.1 Å². The molecule has 0 amide bonds. The number of aliphatic imine (C=N–C) groups is 1. The van der Waals surface area contributed by atoms with Crippen molar-refractivity contribution in [2.75, 3.05) is 13.7 Å². The van der Waals surface area contributed by atoms with Crippen molar-refractivity contribution >= 4 is 23.6 Å². The Labute approximate surface area is 154 Å². The van der Waals surface area contributed by atoms with Gasteiger partial charge < -0.3 is 14.2 Å². The number of cyclic esters (lactones) is 1. The second-order valence-electron chi connectivity index (χ2n) is 5.45. The van der Waals surface area contributed by atoms with Crippen LogP contribution < -0.4 is 9.47 Å². The summed E-state index contributed by atoms with van der Waals surface area (Å²) in [5.74, 6) is 0.509. The zero-order valence-electron chi connectivity index (χ0n) is 14.7. The molecule has 1 aliphatic rings. The Kier molecular flexibility index (Phi) is 5.16. The van der Waals surface area contributed by atoms with E-state index in [1.807, 2.05) is 6.92 Å². The van der Waals surface area contributed by atoms with E-state index in [0.29, 0.717) is 29.2 Å². The van der Waals surface area contributed by atoms with Gasteiger partial charge in [0.1, 0.15) is 0 Å². The molecule has 0 N–H and O–H groups in total. The van der Waals surface area contributed by atoms with Gasteiger partial charge in [-0.3, -0.25) is 10.1 Å². The number of non-ortho nitro benzene ring substituents is 1. The minimum Gasteiger partial charge on any atom is -0.493 e. The molecule has 2 aromatic rings. The van der Waals surface area contributed by atoms with Gasteiger partial charge in [-0.05, 0) is 31.2 Å². The first-order chi connectivity index (χ1) is 13.0. The van der Waals surface area contributed by atoms with E-state index >= 15 is 0 Å². The Hall–Kier alpha value is -3.68. The van der Waals surface area contributed by atoms with Crippen molar-refractivity contribution in [2.24, 2.45) is 4.99 Å². The molecular formula is C19H16N2O6. The zero-order chi connectivity index (χ0) is 19.4. The van der Waals surface area contributed by atoms with Crippen molar-refractivity contribution in [1.82, 2.24) is 0 Å². The first kappa shape index (κ1) is 18.1. The highest BCUT2D eigenvalue weighted by atomic mass is 16.6. The van der Waals surface area contributed by atoms with E-state index in [9.17, 15) is 14.9 Å². The molecule has 0 saturated heterocycles. The average Bonchev–Trinajstić information content (AvgIpc) is 3.04. The molecule has 138 valence electrons. The first-order valence-electron chi connectivity index (χ1n) is 8.10. The smallest absolute Gasteiger partial charge is 0.363 e. The molecule has 27 heavy (non-hydrogen) atoms. The fraction of sp³-hybridized carbons (Fsp3) is 0.158. The number of para-hydroxylation sites is 1. The van der Waals surface area contributed by atoms with Crippen LogP contribution in [0.5, 0.6) is 11.5 Å². The van der Waals surface area contributed by atoms with Gasteiger partial charge in [0.15, 0.2) is 17.2 Å². The molecule has 2 aromatic carbocycles. The maximum Gasteiger partial charge on any atom is 0.363 e. The van der Waals surface area contributed by atoms with Crippen molar-refractivity contribution in [2.45, 2.75) is 6.92 Å². The molecule has 0 unspecified atom stereocenters. The summed E-state index contributed by atoms with van der Waals surface area (Å²) in [6.07, 6.45) is 1.55. The van der Waals surface area contributed by atoms with Gasteiger partial charge in [0.05, 0.1) is 18.6 Å². The van der Waals surface area contributed by atoms with E-state index in [1.165, 1.54) is 31.4 Å². The van der Waals surface area contributed by atoms with Crippen LogP contribution in [0.1, 0.15) is 18.1 Å². The van der Waals surface area contributed by atoms with Crippen LogP contribution in [0.2, 0.25) is 0 Å². The van der Waals surface area contributed by atoms with Crippen LogP contribution in [-0.4, -0.2) is 30.5 Å². The summed E-state index contributed by atoms with van der Waals surface area (Å²) in [5.41, 5.74) is 1.12. The normalized spacial score (nSPS) is 14.7. The molecule has 0 bridgehead atoms. The topological polar surface area (TPSA) is 100 Å². The van der Waals surface area contributed by atoms with Crippen molar-refractivity contribution in [3.05, 3.63) is 69.4 Å². The number of methoxy groups -OCH3 is 1. The Morgan fingerprint density at radius 1 is 1.22 bits per heavy atom. The molecule has 0 atom stereocenters. The van der Waals surface area contributed by atoms with Gasteiger partial charge in [-0.25, -0.2) is 9.79 Å². The Balaban J connectivity index is 1.95. The average molecular weight is 368 g/mol. The minimum absolute atomic E-state index is 0.0582. The Bertz CT molecular complexity index is 947. The molecule has 1 heterocycles. The lowest BCUT2D eigenvalue weighted by atomic mass is 10.1. The quantitative estimate of drug-likeness (QED) is 0.335. The molecule has 0 radical (unpaired) electrons. The predicted octanol–water partition coefficient (Wildman–Crippen LogP) is 3.35. The van der Waals surface area contributed by atoms with Gasteiger partial charge in [0, 0.05) is 23.3 Å². The Morgan fingerprint density at radius 3 is 2.59 bits per heavy atom. The fourth-order valence-corrected chi connectivity index (χ4v) is 2.51. The lowest BCUT2D eigenvalue weighted by Crippen LogP contribution is -2.05. The molecule has 8 nitrogen and oxygen atoms in total. The fourth-order valence-electron chi connectivity index (χ4n) is 2.51. The molecule has 3 rings (SSSR count). The van der Waals surface area contributed by atoms with Crippen LogP contribution >= 0.6 is 0 Å². The van der Waals surface area contributed by atoms with E-state index in [2.05, 4.69) is 4.99 Å². The van der Waals surface area contributed by atoms with Crippen molar-refractivity contribution in [3.8, 4) is 11.5 Å². The molecule has 0 saturated carbocycles. The largest absolute Gasteiger partial charge is 0.493 e. The van der Waals surface area contributed by atoms with E-state index in [0.717, 1.165) is 0 Å².